The minimum absolute atomic E-state index is 0.152. The SMILES string of the molecule is CCN(CC1CCCO1)c1nc[nH]c(=O)c1Br. The van der Waals surface area contributed by atoms with Gasteiger partial charge in [-0.25, -0.2) is 4.98 Å². The normalized spacial score (nSPS) is 19.5. The van der Waals surface area contributed by atoms with Gasteiger partial charge in [0, 0.05) is 19.7 Å². The third-order valence-corrected chi connectivity index (χ3v) is 3.62. The molecule has 1 saturated heterocycles. The van der Waals surface area contributed by atoms with Gasteiger partial charge in [-0.3, -0.25) is 4.79 Å². The van der Waals surface area contributed by atoms with Gasteiger partial charge < -0.3 is 14.6 Å². The molecule has 1 aromatic heterocycles. The summed E-state index contributed by atoms with van der Waals surface area (Å²) in [5.74, 6) is 0.687. The van der Waals surface area contributed by atoms with Crippen LogP contribution in [0.1, 0.15) is 19.8 Å². The van der Waals surface area contributed by atoms with Gasteiger partial charge in [-0.15, -0.1) is 0 Å². The van der Waals surface area contributed by atoms with Crippen LogP contribution >= 0.6 is 15.9 Å². The van der Waals surface area contributed by atoms with E-state index in [4.69, 9.17) is 4.74 Å². The Labute approximate surface area is 108 Å². The van der Waals surface area contributed by atoms with Crippen molar-refractivity contribution in [1.29, 1.82) is 0 Å². The highest BCUT2D eigenvalue weighted by atomic mass is 79.9. The summed E-state index contributed by atoms with van der Waals surface area (Å²) in [4.78, 5) is 20.3. The lowest BCUT2D eigenvalue weighted by Gasteiger charge is -2.25. The van der Waals surface area contributed by atoms with Crippen LogP contribution in [-0.2, 0) is 4.74 Å². The third kappa shape index (κ3) is 2.87. The molecule has 0 radical (unpaired) electrons. The van der Waals surface area contributed by atoms with Gasteiger partial charge in [-0.1, -0.05) is 0 Å². The minimum Gasteiger partial charge on any atom is -0.376 e. The number of hydrogen-bond donors (Lipinski definition) is 1. The van der Waals surface area contributed by atoms with Gasteiger partial charge in [0.15, 0.2) is 0 Å². The van der Waals surface area contributed by atoms with Crippen LogP contribution in [0.3, 0.4) is 0 Å². The Morgan fingerprint density at radius 2 is 2.53 bits per heavy atom. The number of aromatic nitrogens is 2. The Hall–Kier alpha value is -0.880. The predicted molar refractivity (Wildman–Crippen MR) is 69.4 cm³/mol. The topological polar surface area (TPSA) is 58.2 Å². The van der Waals surface area contributed by atoms with Crippen LogP contribution in [0.25, 0.3) is 0 Å². The Kier molecular flexibility index (Phi) is 4.17. The molecule has 0 amide bonds. The second-order valence-corrected chi connectivity index (χ2v) is 4.84. The van der Waals surface area contributed by atoms with Crippen molar-refractivity contribution in [3.8, 4) is 0 Å². The number of hydrogen-bond acceptors (Lipinski definition) is 4. The molecule has 1 aromatic rings. The lowest BCUT2D eigenvalue weighted by Crippen LogP contribution is -2.34. The molecule has 0 bridgehead atoms. The Morgan fingerprint density at radius 3 is 3.18 bits per heavy atom. The third-order valence-electron chi connectivity index (χ3n) is 2.91. The van der Waals surface area contributed by atoms with Crippen molar-refractivity contribution in [3.05, 3.63) is 21.2 Å². The van der Waals surface area contributed by atoms with Gasteiger partial charge in [0.05, 0.1) is 12.4 Å². The molecule has 0 aliphatic carbocycles. The number of H-pyrrole nitrogens is 1. The van der Waals surface area contributed by atoms with E-state index in [0.717, 1.165) is 32.5 Å². The monoisotopic (exact) mass is 301 g/mol. The first-order valence-electron chi connectivity index (χ1n) is 5.82. The van der Waals surface area contributed by atoms with Crippen LogP contribution in [0.15, 0.2) is 15.6 Å². The first kappa shape index (κ1) is 12.6. The maximum atomic E-state index is 11.5. The molecule has 2 heterocycles. The molecule has 1 atom stereocenters. The number of nitrogens with one attached hydrogen (secondary N) is 1. The molecule has 0 spiro atoms. The van der Waals surface area contributed by atoms with E-state index in [-0.39, 0.29) is 11.7 Å². The second kappa shape index (κ2) is 5.64. The van der Waals surface area contributed by atoms with Crippen molar-refractivity contribution in [2.45, 2.75) is 25.9 Å². The zero-order valence-corrected chi connectivity index (χ0v) is 11.4. The first-order valence-corrected chi connectivity index (χ1v) is 6.61. The molecule has 1 N–H and O–H groups in total. The highest BCUT2D eigenvalue weighted by Crippen LogP contribution is 2.21. The van der Waals surface area contributed by atoms with E-state index in [1.54, 1.807) is 0 Å². The lowest BCUT2D eigenvalue weighted by atomic mass is 10.2. The van der Waals surface area contributed by atoms with Crippen LogP contribution in [0.5, 0.6) is 0 Å². The minimum atomic E-state index is -0.152. The predicted octanol–water partition coefficient (Wildman–Crippen LogP) is 1.54. The molecular weight excluding hydrogens is 286 g/mol. The van der Waals surface area contributed by atoms with Gasteiger partial charge >= 0.3 is 0 Å². The van der Waals surface area contributed by atoms with Crippen molar-refractivity contribution >= 4 is 21.7 Å². The summed E-state index contributed by atoms with van der Waals surface area (Å²) in [5, 5.41) is 0. The fourth-order valence-corrected chi connectivity index (χ4v) is 2.46. The summed E-state index contributed by atoms with van der Waals surface area (Å²) >= 11 is 3.28. The number of anilines is 1. The molecule has 1 aliphatic heterocycles. The van der Waals surface area contributed by atoms with E-state index in [0.29, 0.717) is 10.3 Å². The van der Waals surface area contributed by atoms with E-state index < -0.39 is 0 Å². The van der Waals surface area contributed by atoms with Crippen LogP contribution in [0, 0.1) is 0 Å². The zero-order chi connectivity index (χ0) is 12.3. The maximum absolute atomic E-state index is 11.5. The van der Waals surface area contributed by atoms with Crippen molar-refractivity contribution in [2.24, 2.45) is 0 Å². The molecule has 0 saturated carbocycles. The van der Waals surface area contributed by atoms with Crippen LogP contribution < -0.4 is 10.5 Å². The summed E-state index contributed by atoms with van der Waals surface area (Å²) in [6, 6.07) is 0. The van der Waals surface area contributed by atoms with Gasteiger partial charge in [-0.2, -0.15) is 0 Å². The number of halogens is 1. The zero-order valence-electron chi connectivity index (χ0n) is 9.78. The summed E-state index contributed by atoms with van der Waals surface area (Å²) < 4.78 is 6.09. The number of likely N-dealkylation sites (N-methyl/N-ethyl adjacent to an activating group) is 1. The van der Waals surface area contributed by atoms with Gasteiger partial charge in [-0.05, 0) is 35.7 Å². The highest BCUT2D eigenvalue weighted by Gasteiger charge is 2.21. The number of nitrogens with zero attached hydrogens (tertiary/aromatic N) is 2. The summed E-state index contributed by atoms with van der Waals surface area (Å²) in [7, 11) is 0. The average Bonchev–Trinajstić information content (AvgIpc) is 2.83. The van der Waals surface area contributed by atoms with E-state index in [2.05, 4.69) is 30.8 Å². The maximum Gasteiger partial charge on any atom is 0.267 e. The summed E-state index contributed by atoms with van der Waals surface area (Å²) in [6.07, 6.45) is 3.88. The van der Waals surface area contributed by atoms with E-state index in [1.165, 1.54) is 6.33 Å². The van der Waals surface area contributed by atoms with Gasteiger partial charge in [0.2, 0.25) is 0 Å². The van der Waals surface area contributed by atoms with E-state index in [9.17, 15) is 4.79 Å². The van der Waals surface area contributed by atoms with Gasteiger partial charge in [0.1, 0.15) is 10.3 Å². The van der Waals surface area contributed by atoms with Crippen molar-refractivity contribution in [3.63, 3.8) is 0 Å². The van der Waals surface area contributed by atoms with Crippen LogP contribution in [0.4, 0.5) is 5.82 Å². The number of rotatable bonds is 4. The molecule has 1 aliphatic rings. The quantitative estimate of drug-likeness (QED) is 0.916. The average molecular weight is 302 g/mol. The number of ether oxygens (including phenoxy) is 1. The molecule has 0 aromatic carbocycles. The second-order valence-electron chi connectivity index (χ2n) is 4.04. The summed E-state index contributed by atoms with van der Waals surface area (Å²) in [5.41, 5.74) is -0.152. The molecule has 17 heavy (non-hydrogen) atoms. The molecule has 6 heteroatoms. The lowest BCUT2D eigenvalue weighted by molar-refractivity contribution is 0.115. The Balaban J connectivity index is 2.16. The van der Waals surface area contributed by atoms with Crippen LogP contribution in [0.2, 0.25) is 0 Å². The molecule has 5 nitrogen and oxygen atoms in total. The standard InChI is InChI=1S/C11H16BrN3O2/c1-2-15(6-8-4-3-5-17-8)10-9(12)11(16)14-7-13-10/h7-8H,2-6H2,1H3,(H,13,14,16). The molecule has 1 fully saturated rings. The summed E-state index contributed by atoms with van der Waals surface area (Å²) in [6.45, 7) is 4.47. The fourth-order valence-electron chi connectivity index (χ4n) is 1.99. The van der Waals surface area contributed by atoms with Gasteiger partial charge in [0.25, 0.3) is 5.56 Å². The Bertz CT molecular complexity index is 429. The fraction of sp³-hybridized carbons (Fsp3) is 0.636. The molecule has 2 rings (SSSR count). The van der Waals surface area contributed by atoms with Crippen molar-refractivity contribution in [2.75, 3.05) is 24.6 Å². The van der Waals surface area contributed by atoms with Crippen molar-refractivity contribution < 1.29 is 4.74 Å². The Morgan fingerprint density at radius 1 is 1.71 bits per heavy atom. The van der Waals surface area contributed by atoms with E-state index in [1.807, 2.05) is 6.92 Å². The van der Waals surface area contributed by atoms with Crippen LogP contribution in [-0.4, -0.2) is 35.8 Å². The highest BCUT2D eigenvalue weighted by molar-refractivity contribution is 9.10. The smallest absolute Gasteiger partial charge is 0.267 e. The molecule has 94 valence electrons. The van der Waals surface area contributed by atoms with E-state index >= 15 is 0 Å². The number of aromatic amines is 1. The van der Waals surface area contributed by atoms with Crippen molar-refractivity contribution in [1.82, 2.24) is 9.97 Å². The molecule has 1 unspecified atom stereocenters. The first-order chi connectivity index (χ1) is 8.22. The molecular formula is C11H16BrN3O2. The largest absolute Gasteiger partial charge is 0.376 e.